The fourth-order valence-corrected chi connectivity index (χ4v) is 2.34. The number of nitrogens with zero attached hydrogens (tertiary/aromatic N) is 1. The topological polar surface area (TPSA) is 58.4 Å². The summed E-state index contributed by atoms with van der Waals surface area (Å²) in [5.41, 5.74) is 5.37. The molecular formula is C13H27N3O. The van der Waals surface area contributed by atoms with Crippen LogP contribution in [0.3, 0.4) is 0 Å². The number of piperidine rings is 1. The predicted molar refractivity (Wildman–Crippen MR) is 70.8 cm³/mol. The highest BCUT2D eigenvalue weighted by atomic mass is 16.1. The second kappa shape index (κ2) is 8.48. The van der Waals surface area contributed by atoms with Gasteiger partial charge in [-0.05, 0) is 57.8 Å². The van der Waals surface area contributed by atoms with E-state index >= 15 is 0 Å². The first-order valence-electron chi connectivity index (χ1n) is 6.95. The molecule has 0 aromatic carbocycles. The second-order valence-corrected chi connectivity index (χ2v) is 4.98. The molecular weight excluding hydrogens is 214 g/mol. The third-order valence-electron chi connectivity index (χ3n) is 3.44. The molecule has 100 valence electrons. The van der Waals surface area contributed by atoms with Crippen molar-refractivity contribution in [2.24, 2.45) is 11.7 Å². The van der Waals surface area contributed by atoms with Crippen molar-refractivity contribution in [2.45, 2.75) is 39.0 Å². The summed E-state index contributed by atoms with van der Waals surface area (Å²) in [7, 11) is 0. The van der Waals surface area contributed by atoms with E-state index in [1.165, 1.54) is 38.9 Å². The Balaban J connectivity index is 2.07. The van der Waals surface area contributed by atoms with Gasteiger partial charge in [0.25, 0.3) is 0 Å². The van der Waals surface area contributed by atoms with E-state index in [1.54, 1.807) is 0 Å². The fourth-order valence-electron chi connectivity index (χ4n) is 2.34. The van der Waals surface area contributed by atoms with Crippen molar-refractivity contribution < 1.29 is 4.79 Å². The van der Waals surface area contributed by atoms with Crippen LogP contribution in [0.5, 0.6) is 0 Å². The number of amides is 1. The molecule has 3 N–H and O–H groups in total. The molecule has 1 heterocycles. The van der Waals surface area contributed by atoms with Crippen molar-refractivity contribution in [1.82, 2.24) is 10.2 Å². The number of likely N-dealkylation sites (tertiary alicyclic amines) is 1. The third-order valence-corrected chi connectivity index (χ3v) is 3.44. The highest BCUT2D eigenvalue weighted by Crippen LogP contribution is 2.16. The first-order chi connectivity index (χ1) is 8.26. The van der Waals surface area contributed by atoms with Crippen LogP contribution in [-0.2, 0) is 4.79 Å². The average molecular weight is 241 g/mol. The standard InChI is InChI=1S/C13H27N3O/c1-2-8-16-9-5-12(6-10-16)11-15-13(17)4-3-7-14/h12H,2-11,14H2,1H3,(H,15,17). The van der Waals surface area contributed by atoms with Gasteiger partial charge in [0.1, 0.15) is 0 Å². The second-order valence-electron chi connectivity index (χ2n) is 4.98. The molecule has 0 bridgehead atoms. The van der Waals surface area contributed by atoms with E-state index < -0.39 is 0 Å². The van der Waals surface area contributed by atoms with Crippen molar-refractivity contribution in [1.29, 1.82) is 0 Å². The molecule has 1 aliphatic heterocycles. The Morgan fingerprint density at radius 2 is 2.12 bits per heavy atom. The summed E-state index contributed by atoms with van der Waals surface area (Å²) in [6, 6.07) is 0. The largest absolute Gasteiger partial charge is 0.356 e. The molecule has 0 saturated carbocycles. The van der Waals surface area contributed by atoms with Gasteiger partial charge in [0.15, 0.2) is 0 Å². The van der Waals surface area contributed by atoms with Crippen molar-refractivity contribution in [3.63, 3.8) is 0 Å². The van der Waals surface area contributed by atoms with Crippen molar-refractivity contribution in [3.8, 4) is 0 Å². The SMILES string of the molecule is CCCN1CCC(CNC(=O)CCCN)CC1. The number of nitrogens with two attached hydrogens (primary N) is 1. The van der Waals surface area contributed by atoms with Crippen LogP contribution >= 0.6 is 0 Å². The van der Waals surface area contributed by atoms with Crippen LogP contribution in [0.4, 0.5) is 0 Å². The van der Waals surface area contributed by atoms with E-state index in [0.717, 1.165) is 13.0 Å². The van der Waals surface area contributed by atoms with E-state index in [1.807, 2.05) is 0 Å². The van der Waals surface area contributed by atoms with Gasteiger partial charge >= 0.3 is 0 Å². The number of nitrogens with one attached hydrogen (secondary N) is 1. The van der Waals surface area contributed by atoms with E-state index in [-0.39, 0.29) is 5.91 Å². The maximum atomic E-state index is 11.4. The molecule has 1 aliphatic rings. The van der Waals surface area contributed by atoms with Crippen molar-refractivity contribution in [2.75, 3.05) is 32.7 Å². The molecule has 0 radical (unpaired) electrons. The van der Waals surface area contributed by atoms with Gasteiger partial charge in [-0.15, -0.1) is 0 Å². The summed E-state index contributed by atoms with van der Waals surface area (Å²) in [4.78, 5) is 14.0. The molecule has 0 atom stereocenters. The van der Waals surface area contributed by atoms with Gasteiger partial charge in [-0.3, -0.25) is 4.79 Å². The molecule has 1 rings (SSSR count). The number of hydrogen-bond donors (Lipinski definition) is 2. The van der Waals surface area contributed by atoms with Crippen LogP contribution in [0, 0.1) is 5.92 Å². The third kappa shape index (κ3) is 6.03. The molecule has 0 spiro atoms. The van der Waals surface area contributed by atoms with Crippen LogP contribution in [0.15, 0.2) is 0 Å². The van der Waals surface area contributed by atoms with Gasteiger partial charge < -0.3 is 16.0 Å². The average Bonchev–Trinajstić information content (AvgIpc) is 2.36. The molecule has 1 saturated heterocycles. The summed E-state index contributed by atoms with van der Waals surface area (Å²) < 4.78 is 0. The minimum absolute atomic E-state index is 0.159. The van der Waals surface area contributed by atoms with Gasteiger partial charge in [0.05, 0.1) is 0 Å². The highest BCUT2D eigenvalue weighted by Gasteiger charge is 2.18. The monoisotopic (exact) mass is 241 g/mol. The Morgan fingerprint density at radius 1 is 1.41 bits per heavy atom. The van der Waals surface area contributed by atoms with Crippen molar-refractivity contribution in [3.05, 3.63) is 0 Å². The summed E-state index contributed by atoms with van der Waals surface area (Å²) in [6.07, 6.45) is 5.04. The first-order valence-corrected chi connectivity index (χ1v) is 6.95. The van der Waals surface area contributed by atoms with E-state index in [2.05, 4.69) is 17.1 Å². The fraction of sp³-hybridized carbons (Fsp3) is 0.923. The molecule has 1 amide bonds. The molecule has 0 aromatic heterocycles. The maximum absolute atomic E-state index is 11.4. The summed E-state index contributed by atoms with van der Waals surface area (Å²) in [5.74, 6) is 0.830. The van der Waals surface area contributed by atoms with Crippen LogP contribution in [0.25, 0.3) is 0 Å². The number of carbonyl (C=O) groups excluding carboxylic acids is 1. The van der Waals surface area contributed by atoms with Gasteiger partial charge in [0, 0.05) is 13.0 Å². The lowest BCUT2D eigenvalue weighted by Gasteiger charge is -2.31. The lowest BCUT2D eigenvalue weighted by molar-refractivity contribution is -0.121. The number of rotatable bonds is 7. The van der Waals surface area contributed by atoms with Crippen LogP contribution < -0.4 is 11.1 Å². The van der Waals surface area contributed by atoms with Crippen LogP contribution in [-0.4, -0.2) is 43.5 Å². The van der Waals surface area contributed by atoms with E-state index in [4.69, 9.17) is 5.73 Å². The van der Waals surface area contributed by atoms with Crippen molar-refractivity contribution >= 4 is 5.91 Å². The van der Waals surface area contributed by atoms with Gasteiger partial charge in [-0.1, -0.05) is 6.92 Å². The predicted octanol–water partition coefficient (Wildman–Crippen LogP) is 0.964. The Bertz CT molecular complexity index is 213. The molecule has 0 unspecified atom stereocenters. The zero-order chi connectivity index (χ0) is 12.5. The molecule has 4 nitrogen and oxygen atoms in total. The lowest BCUT2D eigenvalue weighted by Crippen LogP contribution is -2.38. The molecule has 0 aromatic rings. The molecule has 17 heavy (non-hydrogen) atoms. The van der Waals surface area contributed by atoms with Gasteiger partial charge in [0.2, 0.25) is 5.91 Å². The minimum atomic E-state index is 0.159. The maximum Gasteiger partial charge on any atom is 0.220 e. The minimum Gasteiger partial charge on any atom is -0.356 e. The first kappa shape index (κ1) is 14.5. The zero-order valence-electron chi connectivity index (χ0n) is 11.1. The van der Waals surface area contributed by atoms with E-state index in [0.29, 0.717) is 18.9 Å². The normalized spacial score (nSPS) is 18.2. The number of hydrogen-bond acceptors (Lipinski definition) is 3. The van der Waals surface area contributed by atoms with Crippen LogP contribution in [0.1, 0.15) is 39.0 Å². The van der Waals surface area contributed by atoms with E-state index in [9.17, 15) is 4.79 Å². The van der Waals surface area contributed by atoms with Gasteiger partial charge in [-0.25, -0.2) is 0 Å². The Morgan fingerprint density at radius 3 is 2.71 bits per heavy atom. The van der Waals surface area contributed by atoms with Gasteiger partial charge in [-0.2, -0.15) is 0 Å². The molecule has 0 aliphatic carbocycles. The lowest BCUT2D eigenvalue weighted by atomic mass is 9.96. The zero-order valence-corrected chi connectivity index (χ0v) is 11.1. The number of carbonyl (C=O) groups is 1. The summed E-state index contributed by atoms with van der Waals surface area (Å²) in [5, 5.41) is 3.02. The highest BCUT2D eigenvalue weighted by molar-refractivity contribution is 5.75. The van der Waals surface area contributed by atoms with Crippen LogP contribution in [0.2, 0.25) is 0 Å². The quantitative estimate of drug-likeness (QED) is 0.698. The Kier molecular flexibility index (Phi) is 7.21. The smallest absolute Gasteiger partial charge is 0.220 e. The molecule has 4 heteroatoms. The Labute approximate surface area is 105 Å². The summed E-state index contributed by atoms with van der Waals surface area (Å²) >= 11 is 0. The Hall–Kier alpha value is -0.610. The molecule has 1 fully saturated rings. The summed E-state index contributed by atoms with van der Waals surface area (Å²) in [6.45, 7) is 7.28.